The third-order valence-electron chi connectivity index (χ3n) is 4.88. The van der Waals surface area contributed by atoms with Gasteiger partial charge in [-0.15, -0.1) is 12.4 Å². The number of amides is 1. The number of rotatable bonds is 4. The number of likely N-dealkylation sites (N-methyl/N-ethyl adjacent to an activating group) is 1. The van der Waals surface area contributed by atoms with Crippen molar-refractivity contribution in [3.63, 3.8) is 0 Å². The number of carbonyl (C=O) groups is 1. The van der Waals surface area contributed by atoms with E-state index in [0.29, 0.717) is 23.8 Å². The summed E-state index contributed by atoms with van der Waals surface area (Å²) in [5.41, 5.74) is 0. The lowest BCUT2D eigenvalue weighted by molar-refractivity contribution is -0.131. The number of nitrogens with one attached hydrogen (secondary N) is 1. The molecule has 2 aliphatic heterocycles. The average Bonchev–Trinajstić information content (AvgIpc) is 2.89. The van der Waals surface area contributed by atoms with Gasteiger partial charge in [0.05, 0.1) is 0 Å². The van der Waals surface area contributed by atoms with Crippen molar-refractivity contribution in [1.82, 2.24) is 15.1 Å². The monoisotopic (exact) mass is 303 g/mol. The molecule has 2 rings (SSSR count). The predicted molar refractivity (Wildman–Crippen MR) is 85.3 cm³/mol. The molecular weight excluding hydrogens is 274 g/mol. The average molecular weight is 304 g/mol. The zero-order valence-electron chi connectivity index (χ0n) is 13.1. The van der Waals surface area contributed by atoms with Gasteiger partial charge in [-0.3, -0.25) is 4.79 Å². The van der Waals surface area contributed by atoms with E-state index in [-0.39, 0.29) is 12.4 Å². The maximum atomic E-state index is 12.4. The topological polar surface area (TPSA) is 35.6 Å². The third kappa shape index (κ3) is 4.61. The molecule has 0 spiro atoms. The normalized spacial score (nSPS) is 28.3. The van der Waals surface area contributed by atoms with Crippen LogP contribution in [-0.2, 0) is 4.79 Å². The van der Waals surface area contributed by atoms with Gasteiger partial charge in [0.1, 0.15) is 0 Å². The van der Waals surface area contributed by atoms with Crippen LogP contribution in [0.2, 0.25) is 0 Å². The fraction of sp³-hybridized carbons (Fsp3) is 0.933. The van der Waals surface area contributed by atoms with E-state index in [2.05, 4.69) is 36.1 Å². The molecule has 2 aliphatic rings. The molecule has 3 atom stereocenters. The molecule has 0 saturated carbocycles. The molecule has 0 radical (unpaired) electrons. The van der Waals surface area contributed by atoms with Crippen LogP contribution in [0.4, 0.5) is 0 Å². The third-order valence-corrected chi connectivity index (χ3v) is 4.88. The first-order chi connectivity index (χ1) is 9.08. The lowest BCUT2D eigenvalue weighted by Gasteiger charge is -2.29. The van der Waals surface area contributed by atoms with E-state index in [1.54, 1.807) is 0 Å². The van der Waals surface area contributed by atoms with E-state index >= 15 is 0 Å². The van der Waals surface area contributed by atoms with Gasteiger partial charge in [-0.25, -0.2) is 0 Å². The van der Waals surface area contributed by atoms with Gasteiger partial charge in [-0.1, -0.05) is 6.92 Å². The van der Waals surface area contributed by atoms with Crippen LogP contribution in [-0.4, -0.2) is 62.0 Å². The van der Waals surface area contributed by atoms with E-state index in [0.717, 1.165) is 39.0 Å². The summed E-state index contributed by atoms with van der Waals surface area (Å²) in [7, 11) is 4.21. The highest BCUT2D eigenvalue weighted by Gasteiger charge is 2.29. The van der Waals surface area contributed by atoms with Crippen molar-refractivity contribution >= 4 is 18.3 Å². The van der Waals surface area contributed by atoms with Crippen molar-refractivity contribution in [3.05, 3.63) is 0 Å². The van der Waals surface area contributed by atoms with Crippen LogP contribution in [0.15, 0.2) is 0 Å². The number of halogens is 1. The second kappa shape index (κ2) is 8.20. The summed E-state index contributed by atoms with van der Waals surface area (Å²) >= 11 is 0. The van der Waals surface area contributed by atoms with Crippen molar-refractivity contribution in [2.45, 2.75) is 38.6 Å². The summed E-state index contributed by atoms with van der Waals surface area (Å²) in [5.74, 6) is 1.56. The molecule has 2 saturated heterocycles. The van der Waals surface area contributed by atoms with Crippen molar-refractivity contribution < 1.29 is 4.79 Å². The summed E-state index contributed by atoms with van der Waals surface area (Å²) < 4.78 is 0. The molecule has 2 fully saturated rings. The summed E-state index contributed by atoms with van der Waals surface area (Å²) in [6.45, 7) is 6.34. The fourth-order valence-electron chi connectivity index (χ4n) is 3.33. The van der Waals surface area contributed by atoms with Crippen LogP contribution in [0.25, 0.3) is 0 Å². The highest BCUT2D eigenvalue weighted by atomic mass is 35.5. The van der Waals surface area contributed by atoms with Crippen molar-refractivity contribution in [2.75, 3.05) is 40.3 Å². The van der Waals surface area contributed by atoms with Gasteiger partial charge in [0, 0.05) is 25.6 Å². The van der Waals surface area contributed by atoms with Gasteiger partial charge in [-0.2, -0.15) is 0 Å². The molecule has 0 bridgehead atoms. The number of likely N-dealkylation sites (tertiary alicyclic amines) is 1. The molecule has 118 valence electrons. The van der Waals surface area contributed by atoms with Crippen LogP contribution in [0.3, 0.4) is 0 Å². The van der Waals surface area contributed by atoms with Crippen LogP contribution in [0.5, 0.6) is 0 Å². The van der Waals surface area contributed by atoms with Crippen molar-refractivity contribution in [1.29, 1.82) is 0 Å². The van der Waals surface area contributed by atoms with Gasteiger partial charge in [0.15, 0.2) is 0 Å². The Labute approximate surface area is 129 Å². The van der Waals surface area contributed by atoms with Crippen LogP contribution < -0.4 is 5.32 Å². The molecule has 0 aromatic heterocycles. The summed E-state index contributed by atoms with van der Waals surface area (Å²) in [5, 5.41) is 3.45. The first-order valence-electron chi connectivity index (χ1n) is 7.73. The van der Waals surface area contributed by atoms with Crippen molar-refractivity contribution in [3.8, 4) is 0 Å². The Hall–Kier alpha value is -0.320. The molecule has 20 heavy (non-hydrogen) atoms. The number of hydrogen-bond acceptors (Lipinski definition) is 3. The second-order valence-corrected chi connectivity index (χ2v) is 6.53. The van der Waals surface area contributed by atoms with Crippen LogP contribution >= 0.6 is 12.4 Å². The lowest BCUT2D eigenvalue weighted by atomic mass is 9.85. The molecule has 0 aliphatic carbocycles. The largest absolute Gasteiger partial charge is 0.341 e. The Morgan fingerprint density at radius 3 is 2.70 bits per heavy atom. The highest BCUT2D eigenvalue weighted by molar-refractivity contribution is 5.85. The maximum Gasteiger partial charge on any atom is 0.222 e. The predicted octanol–water partition coefficient (Wildman–Crippen LogP) is 1.60. The minimum Gasteiger partial charge on any atom is -0.341 e. The molecule has 1 amide bonds. The van der Waals surface area contributed by atoms with Gasteiger partial charge in [0.25, 0.3) is 0 Å². The molecule has 3 unspecified atom stereocenters. The SMILES string of the molecule is CC(CC(=O)N1CCC(N(C)C)C1)C1CCCNC1.Cl. The molecule has 5 heteroatoms. The Morgan fingerprint density at radius 2 is 2.15 bits per heavy atom. The van der Waals surface area contributed by atoms with E-state index < -0.39 is 0 Å². The van der Waals surface area contributed by atoms with Crippen LogP contribution in [0.1, 0.15) is 32.6 Å². The quantitative estimate of drug-likeness (QED) is 0.857. The zero-order chi connectivity index (χ0) is 13.8. The first-order valence-corrected chi connectivity index (χ1v) is 7.73. The van der Waals surface area contributed by atoms with Crippen molar-refractivity contribution in [2.24, 2.45) is 11.8 Å². The number of piperidine rings is 1. The van der Waals surface area contributed by atoms with Gasteiger partial charge < -0.3 is 15.1 Å². The van der Waals surface area contributed by atoms with E-state index in [1.807, 2.05) is 0 Å². The first kappa shape index (κ1) is 17.7. The molecule has 0 aromatic carbocycles. The van der Waals surface area contributed by atoms with Gasteiger partial charge >= 0.3 is 0 Å². The van der Waals surface area contributed by atoms with E-state index in [9.17, 15) is 4.79 Å². The smallest absolute Gasteiger partial charge is 0.222 e. The van der Waals surface area contributed by atoms with Crippen LogP contribution in [0, 0.1) is 11.8 Å². The minimum atomic E-state index is 0. The minimum absolute atomic E-state index is 0. The Balaban J connectivity index is 0.00000200. The van der Waals surface area contributed by atoms with E-state index in [4.69, 9.17) is 0 Å². The maximum absolute atomic E-state index is 12.4. The Kier molecular flexibility index (Phi) is 7.27. The Bertz CT molecular complexity index is 305. The van der Waals surface area contributed by atoms with Gasteiger partial charge in [-0.05, 0) is 58.3 Å². The number of nitrogens with zero attached hydrogens (tertiary/aromatic N) is 2. The summed E-state index contributed by atoms with van der Waals surface area (Å²) in [4.78, 5) is 16.7. The molecule has 4 nitrogen and oxygen atoms in total. The summed E-state index contributed by atoms with van der Waals surface area (Å²) in [6, 6.07) is 0.551. The standard InChI is InChI=1S/C15H29N3O.ClH/c1-12(13-5-4-7-16-10-13)9-15(19)18-8-6-14(11-18)17(2)3;/h12-14,16H,4-11H2,1-3H3;1H. The molecule has 1 N–H and O–H groups in total. The molecule has 0 aromatic rings. The molecule has 2 heterocycles. The number of hydrogen-bond donors (Lipinski definition) is 1. The molecular formula is C15H30ClN3O. The van der Waals surface area contributed by atoms with Gasteiger partial charge in [0.2, 0.25) is 5.91 Å². The Morgan fingerprint density at radius 1 is 1.40 bits per heavy atom. The second-order valence-electron chi connectivity index (χ2n) is 6.53. The fourth-order valence-corrected chi connectivity index (χ4v) is 3.33. The zero-order valence-corrected chi connectivity index (χ0v) is 13.9. The highest BCUT2D eigenvalue weighted by Crippen LogP contribution is 2.24. The van der Waals surface area contributed by atoms with E-state index in [1.165, 1.54) is 12.8 Å². The lowest BCUT2D eigenvalue weighted by Crippen LogP contribution is -2.38. The number of carbonyl (C=O) groups excluding carboxylic acids is 1. The summed E-state index contributed by atoms with van der Waals surface area (Å²) in [6.07, 6.45) is 4.39.